The molecule has 2 N–H and O–H groups in total. The monoisotopic (exact) mass is 475 g/mol. The molecule has 0 aliphatic heterocycles. The Balaban J connectivity index is 2.06. The number of benzene rings is 2. The van der Waals surface area contributed by atoms with Crippen LogP contribution in [-0.2, 0) is 27.9 Å². The van der Waals surface area contributed by atoms with E-state index in [2.05, 4.69) is 15.9 Å². The van der Waals surface area contributed by atoms with E-state index in [0.717, 1.165) is 11.6 Å². The largest absolute Gasteiger partial charge is 0.399 e. The van der Waals surface area contributed by atoms with Crippen LogP contribution in [0.1, 0.15) is 23.6 Å². The first-order chi connectivity index (χ1) is 13.1. The van der Waals surface area contributed by atoms with Gasteiger partial charge in [0.25, 0.3) is 0 Å². The minimum absolute atomic E-state index is 0.0302. The smallest absolute Gasteiger partial charge is 0.342 e. The fourth-order valence-corrected chi connectivity index (χ4v) is 4.06. The molecular formula is C19H21BrF2NO4P. The zero-order valence-corrected chi connectivity index (χ0v) is 17.7. The predicted octanol–water partition coefficient (Wildman–Crippen LogP) is 4.31. The zero-order valence-electron chi connectivity index (χ0n) is 15.2. The molecular weight excluding hydrogens is 455 g/mol. The molecule has 2 aromatic rings. The number of rotatable bonds is 8. The van der Waals surface area contributed by atoms with Crippen LogP contribution in [0.15, 0.2) is 53.0 Å². The Morgan fingerprint density at radius 1 is 1.14 bits per heavy atom. The topological polar surface area (TPSA) is 77.8 Å². The van der Waals surface area contributed by atoms with Crippen molar-refractivity contribution in [3.63, 3.8) is 0 Å². The second-order valence-corrected chi connectivity index (χ2v) is 8.79. The van der Waals surface area contributed by atoms with Gasteiger partial charge < -0.3 is 14.7 Å². The summed E-state index contributed by atoms with van der Waals surface area (Å²) < 4.78 is 38.7. The Morgan fingerprint density at radius 2 is 1.79 bits per heavy atom. The normalized spacial score (nSPS) is 12.1. The first kappa shape index (κ1) is 22.7. The summed E-state index contributed by atoms with van der Waals surface area (Å²) in [6.07, 6.45) is 0.709. The van der Waals surface area contributed by atoms with E-state index in [1.54, 1.807) is 4.90 Å². The quantitative estimate of drug-likeness (QED) is 0.557. The number of amides is 1. The molecule has 28 heavy (non-hydrogen) atoms. The highest BCUT2D eigenvalue weighted by molar-refractivity contribution is 9.10. The summed E-state index contributed by atoms with van der Waals surface area (Å²) in [4.78, 5) is 31.9. The molecule has 0 radical (unpaired) electrons. The second kappa shape index (κ2) is 9.27. The maximum Gasteiger partial charge on any atom is 0.399 e. The molecule has 2 aromatic carbocycles. The SMILES string of the molecule is CCN(CCc1ccc(C(F)(F)P(=O)(O)O)c(Br)c1)C(=O)Cc1ccccc1. The lowest BCUT2D eigenvalue weighted by molar-refractivity contribution is -0.130. The van der Waals surface area contributed by atoms with Crippen molar-refractivity contribution in [2.45, 2.75) is 25.4 Å². The minimum atomic E-state index is -5.63. The molecule has 5 nitrogen and oxygen atoms in total. The van der Waals surface area contributed by atoms with Gasteiger partial charge in [-0.1, -0.05) is 58.4 Å². The maximum atomic E-state index is 13.9. The third-order valence-corrected chi connectivity index (χ3v) is 5.96. The molecule has 0 aliphatic rings. The number of alkyl halides is 2. The third-order valence-electron chi connectivity index (χ3n) is 4.33. The van der Waals surface area contributed by atoms with Crippen LogP contribution < -0.4 is 0 Å². The molecule has 0 atom stereocenters. The van der Waals surface area contributed by atoms with Crippen molar-refractivity contribution in [2.75, 3.05) is 13.1 Å². The molecule has 9 heteroatoms. The van der Waals surface area contributed by atoms with Gasteiger partial charge in [-0.25, -0.2) is 0 Å². The van der Waals surface area contributed by atoms with Gasteiger partial charge in [0.05, 0.1) is 6.42 Å². The Morgan fingerprint density at radius 3 is 2.32 bits per heavy atom. The molecule has 0 unspecified atom stereocenters. The Hall–Kier alpha value is -1.60. The van der Waals surface area contributed by atoms with Crippen LogP contribution >= 0.6 is 23.5 Å². The summed E-state index contributed by atoms with van der Waals surface area (Å²) in [5.74, 6) is -0.0302. The third kappa shape index (κ3) is 5.47. The second-order valence-electron chi connectivity index (χ2n) is 6.29. The summed E-state index contributed by atoms with van der Waals surface area (Å²) in [6, 6.07) is 13.2. The van der Waals surface area contributed by atoms with Crippen LogP contribution in [0.4, 0.5) is 8.78 Å². The first-order valence-corrected chi connectivity index (χ1v) is 11.0. The fraction of sp³-hybridized carbons (Fsp3) is 0.316. The lowest BCUT2D eigenvalue weighted by atomic mass is 10.1. The summed E-state index contributed by atoms with van der Waals surface area (Å²) in [7, 11) is -5.63. The predicted molar refractivity (Wildman–Crippen MR) is 106 cm³/mol. The van der Waals surface area contributed by atoms with Crippen LogP contribution in [-0.4, -0.2) is 33.7 Å². The van der Waals surface area contributed by atoms with Crippen LogP contribution in [0, 0.1) is 0 Å². The minimum Gasteiger partial charge on any atom is -0.342 e. The van der Waals surface area contributed by atoms with Gasteiger partial charge in [0.2, 0.25) is 5.91 Å². The van der Waals surface area contributed by atoms with Gasteiger partial charge in [0, 0.05) is 23.1 Å². The number of likely N-dealkylation sites (N-methyl/N-ethyl adjacent to an activating group) is 1. The van der Waals surface area contributed by atoms with Crippen molar-refractivity contribution in [2.24, 2.45) is 0 Å². The average Bonchev–Trinajstić information content (AvgIpc) is 2.62. The fourth-order valence-electron chi connectivity index (χ4n) is 2.72. The standard InChI is InChI=1S/C19H21BrF2NO4P/c1-2-23(18(24)13-14-6-4-3-5-7-14)11-10-15-8-9-16(17(20)12-15)19(21,22)28(25,26)27/h3-9,12H,2,10-11,13H2,1H3,(H2,25,26,27). The zero-order chi connectivity index (χ0) is 20.9. The van der Waals surface area contributed by atoms with Crippen molar-refractivity contribution in [1.29, 1.82) is 0 Å². The van der Waals surface area contributed by atoms with Crippen molar-refractivity contribution in [1.82, 2.24) is 4.90 Å². The van der Waals surface area contributed by atoms with Crippen molar-refractivity contribution >= 4 is 29.4 Å². The lowest BCUT2D eigenvalue weighted by Crippen LogP contribution is -2.33. The summed E-state index contributed by atoms with van der Waals surface area (Å²) in [5.41, 5.74) is -3.45. The molecule has 0 fully saturated rings. The van der Waals surface area contributed by atoms with Gasteiger partial charge >= 0.3 is 13.3 Å². The van der Waals surface area contributed by atoms with E-state index in [-0.39, 0.29) is 16.8 Å². The van der Waals surface area contributed by atoms with E-state index in [0.29, 0.717) is 25.1 Å². The van der Waals surface area contributed by atoms with Gasteiger partial charge in [-0.05, 0) is 30.5 Å². The van der Waals surface area contributed by atoms with Crippen LogP contribution in [0.5, 0.6) is 0 Å². The van der Waals surface area contributed by atoms with Gasteiger partial charge in [-0.3, -0.25) is 9.36 Å². The molecule has 0 bridgehead atoms. The van der Waals surface area contributed by atoms with Gasteiger partial charge in [-0.15, -0.1) is 0 Å². The summed E-state index contributed by atoms with van der Waals surface area (Å²) in [5, 5.41) is 0. The Labute approximate surface area is 170 Å². The van der Waals surface area contributed by atoms with Crippen molar-refractivity contribution < 1.29 is 27.9 Å². The van der Waals surface area contributed by atoms with Crippen molar-refractivity contribution in [3.8, 4) is 0 Å². The Bertz CT molecular complexity index is 873. The summed E-state index contributed by atoms with van der Waals surface area (Å²) in [6.45, 7) is 2.78. The van der Waals surface area contributed by atoms with Crippen LogP contribution in [0.2, 0.25) is 0 Å². The molecule has 2 rings (SSSR count). The van der Waals surface area contributed by atoms with Gasteiger partial charge in [0.1, 0.15) is 0 Å². The highest BCUT2D eigenvalue weighted by Gasteiger charge is 2.51. The number of nitrogens with zero attached hydrogens (tertiary/aromatic N) is 1. The van der Waals surface area contributed by atoms with Crippen molar-refractivity contribution in [3.05, 3.63) is 69.7 Å². The van der Waals surface area contributed by atoms with E-state index >= 15 is 0 Å². The van der Waals surface area contributed by atoms with Crippen LogP contribution in [0.25, 0.3) is 0 Å². The number of carbonyl (C=O) groups excluding carboxylic acids is 1. The summed E-state index contributed by atoms with van der Waals surface area (Å²) >= 11 is 2.97. The van der Waals surface area contributed by atoms with Gasteiger partial charge in [0.15, 0.2) is 0 Å². The highest BCUT2D eigenvalue weighted by Crippen LogP contribution is 2.60. The molecule has 1 amide bonds. The molecule has 0 saturated heterocycles. The lowest BCUT2D eigenvalue weighted by Gasteiger charge is -2.22. The molecule has 0 aliphatic carbocycles. The molecule has 0 heterocycles. The maximum absolute atomic E-state index is 13.9. The average molecular weight is 476 g/mol. The van der Waals surface area contributed by atoms with Gasteiger partial charge in [-0.2, -0.15) is 8.78 Å². The number of halogens is 3. The molecule has 0 saturated carbocycles. The van der Waals surface area contributed by atoms with E-state index in [4.69, 9.17) is 9.79 Å². The van der Waals surface area contributed by atoms with E-state index < -0.39 is 18.8 Å². The number of carbonyl (C=O) groups is 1. The highest BCUT2D eigenvalue weighted by atomic mass is 79.9. The number of hydrogen-bond donors (Lipinski definition) is 2. The first-order valence-electron chi connectivity index (χ1n) is 8.60. The Kier molecular flexibility index (Phi) is 7.51. The van der Waals surface area contributed by atoms with E-state index in [1.807, 2.05) is 37.3 Å². The molecule has 0 aromatic heterocycles. The number of hydrogen-bond acceptors (Lipinski definition) is 2. The molecule has 152 valence electrons. The van der Waals surface area contributed by atoms with E-state index in [1.165, 1.54) is 12.1 Å². The van der Waals surface area contributed by atoms with E-state index in [9.17, 15) is 18.1 Å². The molecule has 0 spiro atoms. The van der Waals surface area contributed by atoms with Crippen LogP contribution in [0.3, 0.4) is 0 Å².